The minimum atomic E-state index is -0.482. The predicted octanol–water partition coefficient (Wildman–Crippen LogP) is 3.90. The monoisotopic (exact) mass is 381 g/mol. The highest BCUT2D eigenvalue weighted by atomic mass is 79.9. The molecule has 1 amide bonds. The minimum Gasteiger partial charge on any atom is -0.479 e. The zero-order valence-corrected chi connectivity index (χ0v) is 14.1. The number of anilines is 1. The lowest BCUT2D eigenvalue weighted by Gasteiger charge is -2.05. The molecule has 0 saturated heterocycles. The van der Waals surface area contributed by atoms with Crippen LogP contribution in [0.5, 0.6) is 5.75 Å². The van der Waals surface area contributed by atoms with Crippen LogP contribution in [0.2, 0.25) is 0 Å². The van der Waals surface area contributed by atoms with Gasteiger partial charge in [-0.2, -0.15) is 10.5 Å². The number of nitrogens with zero attached hydrogens (tertiary/aromatic N) is 2. The molecule has 0 aliphatic rings. The van der Waals surface area contributed by atoms with E-state index in [1.165, 1.54) is 6.08 Å². The van der Waals surface area contributed by atoms with E-state index >= 15 is 0 Å². The van der Waals surface area contributed by atoms with Gasteiger partial charge < -0.3 is 10.1 Å². The van der Waals surface area contributed by atoms with E-state index in [0.29, 0.717) is 17.0 Å². The molecule has 24 heavy (non-hydrogen) atoms. The van der Waals surface area contributed by atoms with Gasteiger partial charge in [0.2, 0.25) is 0 Å². The molecule has 0 heterocycles. The molecule has 1 N–H and O–H groups in total. The van der Waals surface area contributed by atoms with Crippen molar-refractivity contribution in [3.8, 4) is 17.9 Å². The van der Waals surface area contributed by atoms with Crippen LogP contribution in [0.15, 0.2) is 58.6 Å². The maximum Gasteiger partial charge on any atom is 0.266 e. The van der Waals surface area contributed by atoms with Crippen molar-refractivity contribution in [2.24, 2.45) is 0 Å². The Balaban J connectivity index is 2.10. The first-order valence-corrected chi connectivity index (χ1v) is 7.70. The molecule has 2 aromatic rings. The van der Waals surface area contributed by atoms with Crippen molar-refractivity contribution in [1.29, 1.82) is 10.5 Å². The molecule has 6 heteroatoms. The Hall–Kier alpha value is -3.09. The first kappa shape index (κ1) is 17.3. The number of carbonyl (C=O) groups excluding carboxylic acids is 1. The van der Waals surface area contributed by atoms with Crippen molar-refractivity contribution in [3.05, 3.63) is 64.1 Å². The van der Waals surface area contributed by atoms with Gasteiger partial charge in [0.15, 0.2) is 6.61 Å². The Kier molecular flexibility index (Phi) is 6.13. The third kappa shape index (κ3) is 4.98. The topological polar surface area (TPSA) is 85.9 Å². The van der Waals surface area contributed by atoms with Crippen molar-refractivity contribution in [1.82, 2.24) is 0 Å². The van der Waals surface area contributed by atoms with Crippen LogP contribution < -0.4 is 10.1 Å². The molecule has 0 unspecified atom stereocenters. The highest BCUT2D eigenvalue weighted by Crippen LogP contribution is 2.17. The zero-order valence-electron chi connectivity index (χ0n) is 12.5. The van der Waals surface area contributed by atoms with Crippen LogP contribution in [-0.4, -0.2) is 12.5 Å². The molecule has 0 atom stereocenters. The second-order valence-electron chi connectivity index (χ2n) is 4.65. The summed E-state index contributed by atoms with van der Waals surface area (Å²) in [6.07, 6.45) is 1.49. The second-order valence-corrected chi connectivity index (χ2v) is 5.56. The zero-order chi connectivity index (χ0) is 17.4. The number of nitrogens with one attached hydrogen (secondary N) is 1. The van der Waals surface area contributed by atoms with E-state index in [0.717, 1.165) is 4.47 Å². The van der Waals surface area contributed by atoms with Crippen molar-refractivity contribution in [2.45, 2.75) is 0 Å². The number of carbonyl (C=O) groups is 1. The molecular formula is C18H12BrN3O2. The van der Waals surface area contributed by atoms with Crippen LogP contribution in [0.1, 0.15) is 5.56 Å². The van der Waals surface area contributed by atoms with Crippen molar-refractivity contribution in [2.75, 3.05) is 11.9 Å². The molecule has 118 valence electrons. The molecule has 0 aliphatic heterocycles. The van der Waals surface area contributed by atoms with E-state index in [-0.39, 0.29) is 12.2 Å². The van der Waals surface area contributed by atoms with Gasteiger partial charge in [0.25, 0.3) is 5.91 Å². The quantitative estimate of drug-likeness (QED) is 0.628. The summed E-state index contributed by atoms with van der Waals surface area (Å²) in [5.41, 5.74) is 1.27. The third-order valence-electron chi connectivity index (χ3n) is 2.96. The molecule has 2 aromatic carbocycles. The molecular weight excluding hydrogens is 370 g/mol. The normalized spacial score (nSPS) is 10.4. The summed E-state index contributed by atoms with van der Waals surface area (Å²) in [4.78, 5) is 12.2. The Morgan fingerprint density at radius 3 is 2.38 bits per heavy atom. The fraction of sp³-hybridized carbons (Fsp3) is 0.0556. The lowest BCUT2D eigenvalue weighted by Crippen LogP contribution is -2.13. The average Bonchev–Trinajstić information content (AvgIpc) is 2.60. The Labute approximate surface area is 147 Å². The van der Waals surface area contributed by atoms with E-state index < -0.39 is 5.91 Å². The van der Waals surface area contributed by atoms with E-state index in [1.54, 1.807) is 48.5 Å². The fourth-order valence-corrected chi connectivity index (χ4v) is 2.09. The summed E-state index contributed by atoms with van der Waals surface area (Å²) in [6, 6.07) is 17.6. The van der Waals surface area contributed by atoms with Gasteiger partial charge in [-0.3, -0.25) is 4.79 Å². The van der Waals surface area contributed by atoms with Crippen LogP contribution in [-0.2, 0) is 4.79 Å². The fourth-order valence-electron chi connectivity index (χ4n) is 1.82. The first-order valence-electron chi connectivity index (χ1n) is 6.91. The van der Waals surface area contributed by atoms with Gasteiger partial charge in [0.1, 0.15) is 23.5 Å². The van der Waals surface area contributed by atoms with Crippen LogP contribution in [0, 0.1) is 22.7 Å². The first-order chi connectivity index (χ1) is 11.6. The Bertz CT molecular complexity index is 829. The number of ether oxygens (including phenoxy) is 1. The second kappa shape index (κ2) is 8.52. The highest BCUT2D eigenvalue weighted by molar-refractivity contribution is 9.10. The van der Waals surface area contributed by atoms with E-state index in [2.05, 4.69) is 21.2 Å². The molecule has 2 rings (SSSR count). The van der Waals surface area contributed by atoms with E-state index in [9.17, 15) is 10.1 Å². The summed E-state index contributed by atoms with van der Waals surface area (Å²) in [6.45, 7) is -0.0335. The summed E-state index contributed by atoms with van der Waals surface area (Å²) >= 11 is 3.32. The van der Waals surface area contributed by atoms with Gasteiger partial charge in [-0.15, -0.1) is 0 Å². The number of rotatable bonds is 5. The lowest BCUT2D eigenvalue weighted by atomic mass is 10.1. The largest absolute Gasteiger partial charge is 0.479 e. The molecule has 5 nitrogen and oxygen atoms in total. The molecule has 0 fully saturated rings. The van der Waals surface area contributed by atoms with E-state index in [4.69, 9.17) is 10.00 Å². The van der Waals surface area contributed by atoms with E-state index in [1.807, 2.05) is 12.1 Å². The van der Waals surface area contributed by atoms with Crippen LogP contribution in [0.3, 0.4) is 0 Å². The van der Waals surface area contributed by atoms with Crippen molar-refractivity contribution >= 4 is 33.6 Å². The highest BCUT2D eigenvalue weighted by Gasteiger charge is 2.09. The number of amides is 1. The van der Waals surface area contributed by atoms with Crippen LogP contribution in [0.4, 0.5) is 5.69 Å². The maximum atomic E-state index is 12.2. The van der Waals surface area contributed by atoms with Crippen LogP contribution >= 0.6 is 15.9 Å². The van der Waals surface area contributed by atoms with Gasteiger partial charge in [0, 0.05) is 10.2 Å². The summed E-state index contributed by atoms with van der Waals surface area (Å²) in [5.74, 6) is 0.0659. The van der Waals surface area contributed by atoms with Gasteiger partial charge in [-0.1, -0.05) is 28.1 Å². The lowest BCUT2D eigenvalue weighted by molar-refractivity contribution is -0.112. The SMILES string of the molecule is N#CCOc1ccc(/C=C(/C#N)C(=O)Nc2ccc(Br)cc2)cc1. The third-order valence-corrected chi connectivity index (χ3v) is 3.49. The maximum absolute atomic E-state index is 12.2. The number of halogens is 1. The summed E-state index contributed by atoms with van der Waals surface area (Å²) < 4.78 is 6.05. The molecule has 0 bridgehead atoms. The summed E-state index contributed by atoms with van der Waals surface area (Å²) in [7, 11) is 0. The Morgan fingerprint density at radius 2 is 1.79 bits per heavy atom. The molecule has 0 saturated carbocycles. The van der Waals surface area contributed by atoms with Crippen molar-refractivity contribution < 1.29 is 9.53 Å². The standard InChI is InChI=1S/C18H12BrN3O2/c19-15-3-5-16(6-4-15)22-18(23)14(12-21)11-13-1-7-17(8-2-13)24-10-9-20/h1-8,11H,10H2,(H,22,23)/b14-11-. The van der Waals surface area contributed by atoms with Gasteiger partial charge in [-0.05, 0) is 48.0 Å². The van der Waals surface area contributed by atoms with Crippen LogP contribution in [0.25, 0.3) is 6.08 Å². The molecule has 0 radical (unpaired) electrons. The van der Waals surface area contributed by atoms with Gasteiger partial charge >= 0.3 is 0 Å². The predicted molar refractivity (Wildman–Crippen MR) is 93.9 cm³/mol. The molecule has 0 aromatic heterocycles. The number of nitriles is 2. The number of benzene rings is 2. The van der Waals surface area contributed by atoms with Gasteiger partial charge in [0.05, 0.1) is 0 Å². The molecule has 0 spiro atoms. The minimum absolute atomic E-state index is 0.0105. The number of hydrogen-bond donors (Lipinski definition) is 1. The van der Waals surface area contributed by atoms with Gasteiger partial charge in [-0.25, -0.2) is 0 Å². The Morgan fingerprint density at radius 1 is 1.12 bits per heavy atom. The molecule has 0 aliphatic carbocycles. The average molecular weight is 382 g/mol. The number of hydrogen-bond acceptors (Lipinski definition) is 4. The smallest absolute Gasteiger partial charge is 0.266 e. The van der Waals surface area contributed by atoms with Crippen molar-refractivity contribution in [3.63, 3.8) is 0 Å². The summed E-state index contributed by atoms with van der Waals surface area (Å²) in [5, 5.41) is 20.3.